The fraction of sp³-hybridized carbons (Fsp3) is 0.500. The molecule has 1 aromatic rings. The van der Waals surface area contributed by atoms with Crippen molar-refractivity contribution in [3.8, 4) is 0 Å². The maximum Gasteiger partial charge on any atom is 0.293 e. The van der Waals surface area contributed by atoms with E-state index in [1.165, 1.54) is 12.5 Å². The second-order valence-corrected chi connectivity index (χ2v) is 6.04. The van der Waals surface area contributed by atoms with E-state index in [1.807, 2.05) is 0 Å². The number of hydrogen-bond donors (Lipinski definition) is 1. The number of carbonyl (C=O) groups excluding carboxylic acids is 1. The van der Waals surface area contributed by atoms with Crippen LogP contribution in [0.5, 0.6) is 0 Å². The van der Waals surface area contributed by atoms with Crippen molar-refractivity contribution in [3.63, 3.8) is 0 Å². The lowest BCUT2D eigenvalue weighted by molar-refractivity contribution is -0.384. The molecule has 5 nitrogen and oxygen atoms in total. The van der Waals surface area contributed by atoms with Gasteiger partial charge in [0.1, 0.15) is 12.0 Å². The van der Waals surface area contributed by atoms with Crippen LogP contribution in [0.2, 0.25) is 0 Å². The number of nitro groups is 1. The third kappa shape index (κ3) is 3.30. The van der Waals surface area contributed by atoms with E-state index in [1.54, 1.807) is 23.9 Å². The Morgan fingerprint density at radius 3 is 2.80 bits per heavy atom. The van der Waals surface area contributed by atoms with Gasteiger partial charge in [0.05, 0.1) is 4.92 Å². The van der Waals surface area contributed by atoms with Crippen molar-refractivity contribution in [1.82, 2.24) is 0 Å². The van der Waals surface area contributed by atoms with E-state index in [-0.39, 0.29) is 11.7 Å². The molecular weight excluding hydrogens is 276 g/mol. The summed E-state index contributed by atoms with van der Waals surface area (Å²) < 4.78 is 0. The number of anilines is 1. The summed E-state index contributed by atoms with van der Waals surface area (Å²) >= 11 is 1.81. The highest BCUT2D eigenvalue weighted by atomic mass is 32.2. The summed E-state index contributed by atoms with van der Waals surface area (Å²) in [5.74, 6) is 0. The standard InChI is InChI=1S/C14H18N2O3S/c1-20-14-5-3-2-4-12(14)15-11-7-6-10(9-17)8-13(11)16(18)19/h6-9,12,14-15H,2-5H2,1H3. The SMILES string of the molecule is CSC1CCCCC1Nc1ccc(C=O)cc1[N+](=O)[O-]. The number of hydrogen-bond acceptors (Lipinski definition) is 5. The summed E-state index contributed by atoms with van der Waals surface area (Å²) in [6.45, 7) is 0. The lowest BCUT2D eigenvalue weighted by Crippen LogP contribution is -2.34. The molecule has 108 valence electrons. The fourth-order valence-corrected chi connectivity index (χ4v) is 3.57. The van der Waals surface area contributed by atoms with Crippen molar-refractivity contribution in [2.75, 3.05) is 11.6 Å². The third-order valence-corrected chi connectivity index (χ3v) is 4.87. The van der Waals surface area contributed by atoms with Gasteiger partial charge in [0.25, 0.3) is 5.69 Å². The molecule has 1 fully saturated rings. The number of thioether (sulfide) groups is 1. The van der Waals surface area contributed by atoms with E-state index in [9.17, 15) is 14.9 Å². The molecule has 2 unspecified atom stereocenters. The van der Waals surface area contributed by atoms with E-state index in [4.69, 9.17) is 0 Å². The first-order valence-electron chi connectivity index (χ1n) is 6.68. The van der Waals surface area contributed by atoms with Crippen molar-refractivity contribution >= 4 is 29.4 Å². The van der Waals surface area contributed by atoms with Gasteiger partial charge in [-0.25, -0.2) is 0 Å². The Labute approximate surface area is 122 Å². The third-order valence-electron chi connectivity index (χ3n) is 3.70. The first kappa shape index (κ1) is 14.8. The second-order valence-electron chi connectivity index (χ2n) is 4.96. The van der Waals surface area contributed by atoms with Gasteiger partial charge in [-0.3, -0.25) is 14.9 Å². The van der Waals surface area contributed by atoms with Crippen molar-refractivity contribution < 1.29 is 9.72 Å². The van der Waals surface area contributed by atoms with Crippen LogP contribution in [-0.2, 0) is 0 Å². The molecule has 6 heteroatoms. The molecular formula is C14H18N2O3S. The summed E-state index contributed by atoms with van der Waals surface area (Å²) in [4.78, 5) is 21.4. The number of nitrogens with zero attached hydrogens (tertiary/aromatic N) is 1. The Morgan fingerprint density at radius 2 is 2.15 bits per heavy atom. The average Bonchev–Trinajstić information content (AvgIpc) is 2.48. The quantitative estimate of drug-likeness (QED) is 0.511. The molecule has 2 rings (SSSR count). The van der Waals surface area contributed by atoms with Crippen LogP contribution < -0.4 is 5.32 Å². The Morgan fingerprint density at radius 1 is 1.40 bits per heavy atom. The molecule has 20 heavy (non-hydrogen) atoms. The van der Waals surface area contributed by atoms with Crippen LogP contribution in [0.15, 0.2) is 18.2 Å². The first-order valence-corrected chi connectivity index (χ1v) is 7.97. The van der Waals surface area contributed by atoms with Gasteiger partial charge in [0.15, 0.2) is 0 Å². The van der Waals surface area contributed by atoms with Gasteiger partial charge in [-0.05, 0) is 31.2 Å². The minimum absolute atomic E-state index is 0.0278. The highest BCUT2D eigenvalue weighted by Gasteiger charge is 2.26. The van der Waals surface area contributed by atoms with Gasteiger partial charge in [-0.15, -0.1) is 0 Å². The molecule has 0 bridgehead atoms. The minimum Gasteiger partial charge on any atom is -0.376 e. The maximum absolute atomic E-state index is 11.1. The summed E-state index contributed by atoms with van der Waals surface area (Å²) in [5, 5.41) is 14.9. The molecule has 0 spiro atoms. The molecule has 1 aliphatic carbocycles. The van der Waals surface area contributed by atoms with E-state index >= 15 is 0 Å². The second kappa shape index (κ2) is 6.74. The maximum atomic E-state index is 11.1. The highest BCUT2D eigenvalue weighted by Crippen LogP contribution is 2.32. The topological polar surface area (TPSA) is 72.2 Å². The molecule has 1 aliphatic rings. The summed E-state index contributed by atoms with van der Waals surface area (Å²) in [7, 11) is 0. The van der Waals surface area contributed by atoms with Gasteiger partial charge in [-0.2, -0.15) is 11.8 Å². The van der Waals surface area contributed by atoms with E-state index < -0.39 is 4.92 Å². The predicted molar refractivity (Wildman–Crippen MR) is 81.7 cm³/mol. The van der Waals surface area contributed by atoms with Gasteiger partial charge in [-0.1, -0.05) is 12.8 Å². The molecule has 1 N–H and O–H groups in total. The van der Waals surface area contributed by atoms with Crippen molar-refractivity contribution in [2.45, 2.75) is 37.0 Å². The van der Waals surface area contributed by atoms with Crippen molar-refractivity contribution in [2.24, 2.45) is 0 Å². The van der Waals surface area contributed by atoms with Crippen LogP contribution in [-0.4, -0.2) is 28.8 Å². The monoisotopic (exact) mass is 294 g/mol. The number of carbonyl (C=O) groups is 1. The van der Waals surface area contributed by atoms with Crippen LogP contribution in [0.1, 0.15) is 36.0 Å². The van der Waals surface area contributed by atoms with Crippen LogP contribution in [0.4, 0.5) is 11.4 Å². The van der Waals surface area contributed by atoms with Gasteiger partial charge >= 0.3 is 0 Å². The summed E-state index contributed by atoms with van der Waals surface area (Å²) in [5.41, 5.74) is 0.805. The molecule has 0 aromatic heterocycles. The normalized spacial score (nSPS) is 22.2. The fourth-order valence-electron chi connectivity index (χ4n) is 2.64. The lowest BCUT2D eigenvalue weighted by Gasteiger charge is -2.31. The van der Waals surface area contributed by atoms with Crippen LogP contribution in [0, 0.1) is 10.1 Å². The first-order chi connectivity index (χ1) is 9.65. The predicted octanol–water partition coefficient (Wildman–Crippen LogP) is 3.49. The molecule has 0 saturated heterocycles. The Balaban J connectivity index is 2.23. The molecule has 0 amide bonds. The Kier molecular flexibility index (Phi) is 5.00. The lowest BCUT2D eigenvalue weighted by atomic mass is 9.94. The van der Waals surface area contributed by atoms with Crippen LogP contribution in [0.25, 0.3) is 0 Å². The van der Waals surface area contributed by atoms with E-state index in [2.05, 4.69) is 11.6 Å². The number of nitrogens with one attached hydrogen (secondary N) is 1. The van der Waals surface area contributed by atoms with Gasteiger partial charge < -0.3 is 5.32 Å². The molecule has 0 radical (unpaired) electrons. The zero-order valence-corrected chi connectivity index (χ0v) is 12.2. The highest BCUT2D eigenvalue weighted by molar-refractivity contribution is 7.99. The number of aldehydes is 1. The van der Waals surface area contributed by atoms with Gasteiger partial charge in [0.2, 0.25) is 0 Å². The van der Waals surface area contributed by atoms with E-state index in [0.717, 1.165) is 19.3 Å². The van der Waals surface area contributed by atoms with E-state index in [0.29, 0.717) is 22.8 Å². The zero-order chi connectivity index (χ0) is 14.5. The smallest absolute Gasteiger partial charge is 0.293 e. The van der Waals surface area contributed by atoms with Crippen LogP contribution in [0.3, 0.4) is 0 Å². The number of benzene rings is 1. The van der Waals surface area contributed by atoms with Crippen LogP contribution >= 0.6 is 11.8 Å². The number of rotatable bonds is 5. The molecule has 0 heterocycles. The largest absolute Gasteiger partial charge is 0.376 e. The zero-order valence-electron chi connectivity index (χ0n) is 11.4. The average molecular weight is 294 g/mol. The molecule has 0 aliphatic heterocycles. The minimum atomic E-state index is -0.438. The van der Waals surface area contributed by atoms with Crippen molar-refractivity contribution in [1.29, 1.82) is 0 Å². The molecule has 1 saturated carbocycles. The number of nitro benzene ring substituents is 1. The molecule has 1 aromatic carbocycles. The summed E-state index contributed by atoms with van der Waals surface area (Å²) in [6, 6.07) is 4.82. The Bertz CT molecular complexity index is 507. The Hall–Kier alpha value is -1.56. The van der Waals surface area contributed by atoms with Crippen molar-refractivity contribution in [3.05, 3.63) is 33.9 Å². The summed E-state index contributed by atoms with van der Waals surface area (Å²) in [6.07, 6.45) is 7.23. The molecule has 2 atom stereocenters. The van der Waals surface area contributed by atoms with Gasteiger partial charge in [0, 0.05) is 22.9 Å².